The number of aromatic nitrogens is 2. The number of aromatic carboxylic acids is 1. The number of nitrogens with zero attached hydrogens (tertiary/aromatic N) is 2. The second-order valence-corrected chi connectivity index (χ2v) is 8.62. The summed E-state index contributed by atoms with van der Waals surface area (Å²) in [6, 6.07) is 8.46. The van der Waals surface area contributed by atoms with Crippen molar-refractivity contribution in [1.82, 2.24) is 9.55 Å². The number of carboxylic acids is 1. The third kappa shape index (κ3) is 3.44. The second kappa shape index (κ2) is 6.77. The van der Waals surface area contributed by atoms with Crippen molar-refractivity contribution in [2.24, 2.45) is 13.0 Å². The number of carbonyl (C=O) groups is 1. The predicted molar refractivity (Wildman–Crippen MR) is 110 cm³/mol. The molecule has 0 bridgehead atoms. The van der Waals surface area contributed by atoms with Crippen LogP contribution in [0.5, 0.6) is 0 Å². The molecule has 2 aromatic heterocycles. The summed E-state index contributed by atoms with van der Waals surface area (Å²) in [5.41, 5.74) is 5.93. The van der Waals surface area contributed by atoms with E-state index in [1.54, 1.807) is 0 Å². The first-order valence-electron chi connectivity index (χ1n) is 10.4. The molecular weight excluding hydrogens is 348 g/mol. The van der Waals surface area contributed by atoms with E-state index in [0.717, 1.165) is 36.3 Å². The molecule has 5 rings (SSSR count). The zero-order chi connectivity index (χ0) is 19.3. The lowest BCUT2D eigenvalue weighted by Crippen LogP contribution is -2.07. The van der Waals surface area contributed by atoms with E-state index in [-0.39, 0.29) is 0 Å². The van der Waals surface area contributed by atoms with Crippen molar-refractivity contribution in [3.8, 4) is 0 Å². The molecular formula is C24H26N2O2. The Labute approximate surface area is 165 Å². The lowest BCUT2D eigenvalue weighted by atomic mass is 9.97. The van der Waals surface area contributed by atoms with Crippen LogP contribution in [0, 0.1) is 5.92 Å². The number of carboxylic acid groups (broad SMARTS) is 1. The van der Waals surface area contributed by atoms with Crippen LogP contribution in [0.4, 0.5) is 0 Å². The van der Waals surface area contributed by atoms with Crippen LogP contribution < -0.4 is 0 Å². The minimum atomic E-state index is -0.875. The molecule has 4 heteroatoms. The zero-order valence-electron chi connectivity index (χ0n) is 16.3. The van der Waals surface area contributed by atoms with E-state index in [9.17, 15) is 9.90 Å². The topological polar surface area (TPSA) is 55.1 Å². The van der Waals surface area contributed by atoms with Crippen molar-refractivity contribution >= 4 is 16.9 Å². The van der Waals surface area contributed by atoms with E-state index >= 15 is 0 Å². The lowest BCUT2D eigenvalue weighted by molar-refractivity contribution is 0.0695. The molecule has 2 heterocycles. The molecule has 2 aliphatic rings. The Morgan fingerprint density at radius 1 is 1.21 bits per heavy atom. The van der Waals surface area contributed by atoms with Gasteiger partial charge in [0, 0.05) is 31.2 Å². The van der Waals surface area contributed by atoms with Gasteiger partial charge in [-0.15, -0.1) is 0 Å². The average Bonchev–Trinajstić information content (AvgIpc) is 3.59. The van der Waals surface area contributed by atoms with Crippen molar-refractivity contribution in [2.45, 2.75) is 50.9 Å². The van der Waals surface area contributed by atoms with Crippen LogP contribution in [-0.2, 0) is 19.9 Å². The quantitative estimate of drug-likeness (QED) is 0.627. The standard InChI is InChI=1S/C24H26N2O2/c1-26-9-8-19-11-16(10-18(23(19)26)5-4-15-2-3-15)12-22-21(24(27)28)13-20(14-25-22)17-6-7-17/h8-11,13-15,17H,2-7,12H2,1H3,(H,27,28). The highest BCUT2D eigenvalue weighted by Crippen LogP contribution is 2.40. The first-order valence-corrected chi connectivity index (χ1v) is 10.4. The van der Waals surface area contributed by atoms with Crippen LogP contribution in [-0.4, -0.2) is 20.6 Å². The maximum absolute atomic E-state index is 11.8. The smallest absolute Gasteiger partial charge is 0.337 e. The number of hydrogen-bond donors (Lipinski definition) is 1. The summed E-state index contributed by atoms with van der Waals surface area (Å²) >= 11 is 0. The summed E-state index contributed by atoms with van der Waals surface area (Å²) in [4.78, 5) is 16.4. The van der Waals surface area contributed by atoms with Gasteiger partial charge in [-0.1, -0.05) is 18.9 Å². The summed E-state index contributed by atoms with van der Waals surface area (Å²) in [6.07, 6.45) is 11.9. The molecule has 3 aromatic rings. The molecule has 0 aliphatic heterocycles. The summed E-state index contributed by atoms with van der Waals surface area (Å²) in [6.45, 7) is 0. The second-order valence-electron chi connectivity index (χ2n) is 8.62. The molecule has 2 aliphatic carbocycles. The highest BCUT2D eigenvalue weighted by molar-refractivity contribution is 5.89. The summed E-state index contributed by atoms with van der Waals surface area (Å²) in [5.74, 6) is 0.531. The van der Waals surface area contributed by atoms with E-state index < -0.39 is 5.97 Å². The summed E-state index contributed by atoms with van der Waals surface area (Å²) in [5, 5.41) is 10.9. The third-order valence-electron chi connectivity index (χ3n) is 6.27. The van der Waals surface area contributed by atoms with Gasteiger partial charge in [0.05, 0.1) is 16.8 Å². The molecule has 0 atom stereocenters. The Morgan fingerprint density at radius 3 is 2.75 bits per heavy atom. The maximum Gasteiger partial charge on any atom is 0.337 e. The fourth-order valence-electron chi connectivity index (χ4n) is 4.34. The SMILES string of the molecule is Cn1ccc2cc(Cc3ncc(C4CC4)cc3C(=O)O)cc(CCC3CC3)c21. The summed E-state index contributed by atoms with van der Waals surface area (Å²) < 4.78 is 2.20. The monoisotopic (exact) mass is 374 g/mol. The van der Waals surface area contributed by atoms with Gasteiger partial charge in [-0.3, -0.25) is 4.98 Å². The van der Waals surface area contributed by atoms with Gasteiger partial charge in [0.1, 0.15) is 0 Å². The lowest BCUT2D eigenvalue weighted by Gasteiger charge is -2.12. The molecule has 2 saturated carbocycles. The largest absolute Gasteiger partial charge is 0.478 e. The molecule has 0 spiro atoms. The van der Waals surface area contributed by atoms with Gasteiger partial charge >= 0.3 is 5.97 Å². The van der Waals surface area contributed by atoms with Crippen molar-refractivity contribution < 1.29 is 9.90 Å². The average molecular weight is 374 g/mol. The molecule has 0 radical (unpaired) electrons. The number of benzene rings is 1. The molecule has 144 valence electrons. The predicted octanol–water partition coefficient (Wildman–Crippen LogP) is 5.08. The minimum absolute atomic E-state index is 0.358. The molecule has 4 nitrogen and oxygen atoms in total. The van der Waals surface area contributed by atoms with Crippen molar-refractivity contribution in [3.05, 3.63) is 64.6 Å². The van der Waals surface area contributed by atoms with Crippen LogP contribution in [0.3, 0.4) is 0 Å². The van der Waals surface area contributed by atoms with E-state index in [4.69, 9.17) is 0 Å². The molecule has 0 amide bonds. The molecule has 0 saturated heterocycles. The Hall–Kier alpha value is -2.62. The van der Waals surface area contributed by atoms with Gasteiger partial charge in [-0.05, 0) is 72.4 Å². The first-order chi connectivity index (χ1) is 13.6. The third-order valence-corrected chi connectivity index (χ3v) is 6.27. The van der Waals surface area contributed by atoms with Gasteiger partial charge in [0.2, 0.25) is 0 Å². The fourth-order valence-corrected chi connectivity index (χ4v) is 4.34. The minimum Gasteiger partial charge on any atom is -0.478 e. The van der Waals surface area contributed by atoms with Gasteiger partial charge in [-0.25, -0.2) is 4.79 Å². The molecule has 2 fully saturated rings. The number of fused-ring (bicyclic) bond motifs is 1. The Morgan fingerprint density at radius 2 is 2.04 bits per heavy atom. The van der Waals surface area contributed by atoms with Crippen molar-refractivity contribution in [1.29, 1.82) is 0 Å². The first kappa shape index (κ1) is 17.5. The van der Waals surface area contributed by atoms with E-state index in [1.807, 2.05) is 12.3 Å². The molecule has 0 unspecified atom stereocenters. The van der Waals surface area contributed by atoms with E-state index in [2.05, 4.69) is 41.0 Å². The Balaban J connectivity index is 1.49. The number of rotatable bonds is 7. The highest BCUT2D eigenvalue weighted by Gasteiger charge is 2.26. The number of hydrogen-bond acceptors (Lipinski definition) is 2. The highest BCUT2D eigenvalue weighted by atomic mass is 16.4. The number of pyridine rings is 1. The zero-order valence-corrected chi connectivity index (χ0v) is 16.3. The fraction of sp³-hybridized carbons (Fsp3) is 0.417. The Kier molecular flexibility index (Phi) is 4.22. The van der Waals surface area contributed by atoms with Gasteiger partial charge in [0.25, 0.3) is 0 Å². The van der Waals surface area contributed by atoms with Crippen molar-refractivity contribution in [2.75, 3.05) is 0 Å². The van der Waals surface area contributed by atoms with E-state index in [0.29, 0.717) is 23.6 Å². The van der Waals surface area contributed by atoms with E-state index in [1.165, 1.54) is 35.7 Å². The normalized spacial score (nSPS) is 16.6. The molecule has 28 heavy (non-hydrogen) atoms. The summed E-state index contributed by atoms with van der Waals surface area (Å²) in [7, 11) is 2.10. The Bertz CT molecular complexity index is 1060. The molecule has 1 aromatic carbocycles. The van der Waals surface area contributed by atoms with Crippen LogP contribution in [0.25, 0.3) is 10.9 Å². The number of aryl methyl sites for hydroxylation is 2. The van der Waals surface area contributed by atoms with Gasteiger partial charge in [-0.2, -0.15) is 0 Å². The molecule has 1 N–H and O–H groups in total. The van der Waals surface area contributed by atoms with Crippen LogP contribution in [0.2, 0.25) is 0 Å². The van der Waals surface area contributed by atoms with Crippen LogP contribution >= 0.6 is 0 Å². The maximum atomic E-state index is 11.8. The van der Waals surface area contributed by atoms with Crippen LogP contribution in [0.15, 0.2) is 36.7 Å². The van der Waals surface area contributed by atoms with Crippen LogP contribution in [0.1, 0.15) is 70.8 Å². The van der Waals surface area contributed by atoms with Gasteiger partial charge in [0.15, 0.2) is 0 Å². The van der Waals surface area contributed by atoms with Gasteiger partial charge < -0.3 is 9.67 Å². The van der Waals surface area contributed by atoms with Crippen molar-refractivity contribution in [3.63, 3.8) is 0 Å².